The summed E-state index contributed by atoms with van der Waals surface area (Å²) >= 11 is 0. The van der Waals surface area contributed by atoms with Crippen molar-refractivity contribution in [3.8, 4) is 0 Å². The van der Waals surface area contributed by atoms with E-state index in [-0.39, 0.29) is 12.0 Å². The van der Waals surface area contributed by atoms with E-state index in [2.05, 4.69) is 15.0 Å². The molecule has 8 heteroatoms. The summed E-state index contributed by atoms with van der Waals surface area (Å²) in [6, 6.07) is -0.380. The number of methoxy groups -OCH3 is 1. The fourth-order valence-corrected chi connectivity index (χ4v) is 1.93. The van der Waals surface area contributed by atoms with Crippen molar-refractivity contribution in [2.75, 3.05) is 39.8 Å². The van der Waals surface area contributed by atoms with Gasteiger partial charge in [-0.05, 0) is 13.8 Å². The monoisotopic (exact) mass is 301 g/mol. The molecule has 0 atom stereocenters. The maximum atomic E-state index is 12.0. The van der Waals surface area contributed by atoms with Gasteiger partial charge in [-0.2, -0.15) is 0 Å². The fourth-order valence-electron chi connectivity index (χ4n) is 1.93. The molecule has 120 valence electrons. The van der Waals surface area contributed by atoms with Crippen LogP contribution in [-0.4, -0.2) is 78.2 Å². The van der Waals surface area contributed by atoms with Crippen LogP contribution in [-0.2, 0) is 14.3 Å². The van der Waals surface area contributed by atoms with Crippen LogP contribution in [0.1, 0.15) is 20.3 Å². The van der Waals surface area contributed by atoms with Crippen molar-refractivity contribution in [3.63, 3.8) is 0 Å². The molecule has 2 amide bonds. The Kier molecular flexibility index (Phi) is 5.95. The molecule has 0 spiro atoms. The molecule has 21 heavy (non-hydrogen) atoms. The van der Waals surface area contributed by atoms with E-state index < -0.39 is 11.5 Å². The molecule has 1 aliphatic rings. The zero-order valence-corrected chi connectivity index (χ0v) is 12.7. The number of carboxylic acids is 1. The van der Waals surface area contributed by atoms with Crippen LogP contribution in [0.5, 0.6) is 0 Å². The highest BCUT2D eigenvalue weighted by Gasteiger charge is 2.31. The second-order valence-electron chi connectivity index (χ2n) is 5.52. The van der Waals surface area contributed by atoms with E-state index >= 15 is 0 Å². The van der Waals surface area contributed by atoms with Crippen LogP contribution in [0.25, 0.3) is 0 Å². The Labute approximate surface area is 124 Å². The fraction of sp³-hybridized carbons (Fsp3) is 0.769. The van der Waals surface area contributed by atoms with E-state index in [1.807, 2.05) is 0 Å². The normalized spacial score (nSPS) is 16.4. The number of nitrogens with one attached hydrogen (secondary N) is 1. The molecule has 1 fully saturated rings. The predicted molar refractivity (Wildman–Crippen MR) is 74.9 cm³/mol. The van der Waals surface area contributed by atoms with Gasteiger partial charge < -0.3 is 20.1 Å². The highest BCUT2D eigenvalue weighted by molar-refractivity contribution is 5.85. The first-order valence-corrected chi connectivity index (χ1v) is 6.86. The molecule has 0 aromatic carbocycles. The van der Waals surface area contributed by atoms with Crippen molar-refractivity contribution in [2.45, 2.75) is 25.8 Å². The molecule has 0 radical (unpaired) electrons. The van der Waals surface area contributed by atoms with Gasteiger partial charge in [0.1, 0.15) is 5.54 Å². The van der Waals surface area contributed by atoms with E-state index in [1.54, 1.807) is 4.90 Å². The number of carbonyl (C=O) groups is 3. The molecule has 0 unspecified atom stereocenters. The first-order chi connectivity index (χ1) is 9.76. The predicted octanol–water partition coefficient (Wildman–Crippen LogP) is -0.260. The second kappa shape index (κ2) is 7.26. The van der Waals surface area contributed by atoms with E-state index in [0.717, 1.165) is 0 Å². The molecule has 0 aliphatic carbocycles. The number of urea groups is 1. The standard InChI is InChI=1S/C13H23N3O5/c1-13(2,11(18)19)14-12(20)16-8-6-15(7-9-16)5-4-10(17)21-3/h4-9H2,1-3H3,(H,14,20)(H,18,19). The molecule has 1 aliphatic heterocycles. The second-order valence-corrected chi connectivity index (χ2v) is 5.52. The van der Waals surface area contributed by atoms with Crippen LogP contribution in [0.15, 0.2) is 0 Å². The average molecular weight is 301 g/mol. The van der Waals surface area contributed by atoms with Crippen LogP contribution < -0.4 is 5.32 Å². The van der Waals surface area contributed by atoms with Gasteiger partial charge in [0.25, 0.3) is 0 Å². The lowest BCUT2D eigenvalue weighted by atomic mass is 10.1. The Morgan fingerprint density at radius 2 is 1.76 bits per heavy atom. The van der Waals surface area contributed by atoms with Crippen molar-refractivity contribution in [3.05, 3.63) is 0 Å². The van der Waals surface area contributed by atoms with E-state index in [1.165, 1.54) is 21.0 Å². The molecule has 2 N–H and O–H groups in total. The van der Waals surface area contributed by atoms with Gasteiger partial charge in [0, 0.05) is 32.7 Å². The molecule has 0 aromatic heterocycles. The van der Waals surface area contributed by atoms with Gasteiger partial charge in [-0.15, -0.1) is 0 Å². The van der Waals surface area contributed by atoms with E-state index in [4.69, 9.17) is 5.11 Å². The minimum atomic E-state index is -1.29. The Morgan fingerprint density at radius 3 is 2.24 bits per heavy atom. The Balaban J connectivity index is 2.37. The lowest BCUT2D eigenvalue weighted by molar-refractivity contribution is -0.143. The maximum absolute atomic E-state index is 12.0. The molecular formula is C13H23N3O5. The number of hydrogen-bond donors (Lipinski definition) is 2. The summed E-state index contributed by atoms with van der Waals surface area (Å²) in [6.07, 6.45) is 0.328. The van der Waals surface area contributed by atoms with Gasteiger partial charge in [0.2, 0.25) is 0 Å². The molecule has 0 bridgehead atoms. The van der Waals surface area contributed by atoms with E-state index in [0.29, 0.717) is 39.1 Å². The topological polar surface area (TPSA) is 99.2 Å². The van der Waals surface area contributed by atoms with Crippen LogP contribution >= 0.6 is 0 Å². The van der Waals surface area contributed by atoms with Crippen molar-refractivity contribution in [2.24, 2.45) is 0 Å². The number of nitrogens with zero attached hydrogens (tertiary/aromatic N) is 2. The van der Waals surface area contributed by atoms with Crippen LogP contribution in [0.2, 0.25) is 0 Å². The van der Waals surface area contributed by atoms with Crippen LogP contribution in [0.3, 0.4) is 0 Å². The molecule has 1 rings (SSSR count). The largest absolute Gasteiger partial charge is 0.480 e. The van der Waals surface area contributed by atoms with Gasteiger partial charge in [0.05, 0.1) is 13.5 Å². The average Bonchev–Trinajstić information content (AvgIpc) is 2.44. The summed E-state index contributed by atoms with van der Waals surface area (Å²) in [6.45, 7) is 5.80. The number of piperazine rings is 1. The number of rotatable bonds is 5. The zero-order chi connectivity index (χ0) is 16.0. The van der Waals surface area contributed by atoms with Crippen LogP contribution in [0, 0.1) is 0 Å². The molecule has 1 heterocycles. The molecule has 8 nitrogen and oxygen atoms in total. The van der Waals surface area contributed by atoms with Gasteiger partial charge in [-0.25, -0.2) is 9.59 Å². The molecule has 1 saturated heterocycles. The van der Waals surface area contributed by atoms with Gasteiger partial charge in [0.15, 0.2) is 0 Å². The van der Waals surface area contributed by atoms with Gasteiger partial charge in [-0.1, -0.05) is 0 Å². The molecule has 0 saturated carbocycles. The third kappa shape index (κ3) is 5.22. The summed E-state index contributed by atoms with van der Waals surface area (Å²) in [5.74, 6) is -1.33. The lowest BCUT2D eigenvalue weighted by Crippen LogP contribution is -2.58. The minimum Gasteiger partial charge on any atom is -0.480 e. The summed E-state index contributed by atoms with van der Waals surface area (Å²) in [4.78, 5) is 37.7. The Hall–Kier alpha value is -1.83. The third-order valence-corrected chi connectivity index (χ3v) is 3.47. The number of carbonyl (C=O) groups excluding carboxylic acids is 2. The number of amides is 2. The van der Waals surface area contributed by atoms with Crippen molar-refractivity contribution in [1.82, 2.24) is 15.1 Å². The van der Waals surface area contributed by atoms with Crippen molar-refractivity contribution >= 4 is 18.0 Å². The van der Waals surface area contributed by atoms with Crippen LogP contribution in [0.4, 0.5) is 4.79 Å². The highest BCUT2D eigenvalue weighted by Crippen LogP contribution is 2.07. The Bertz CT molecular complexity index is 403. The van der Waals surface area contributed by atoms with Gasteiger partial charge in [-0.3, -0.25) is 9.69 Å². The third-order valence-electron chi connectivity index (χ3n) is 3.47. The first kappa shape index (κ1) is 17.2. The van der Waals surface area contributed by atoms with Gasteiger partial charge >= 0.3 is 18.0 Å². The Morgan fingerprint density at radius 1 is 1.19 bits per heavy atom. The summed E-state index contributed by atoms with van der Waals surface area (Å²) in [5.41, 5.74) is -1.29. The summed E-state index contributed by atoms with van der Waals surface area (Å²) in [7, 11) is 1.36. The highest BCUT2D eigenvalue weighted by atomic mass is 16.5. The minimum absolute atomic E-state index is 0.251. The molecular weight excluding hydrogens is 278 g/mol. The quantitative estimate of drug-likeness (QED) is 0.679. The van der Waals surface area contributed by atoms with E-state index in [9.17, 15) is 14.4 Å². The number of esters is 1. The number of aliphatic carboxylic acids is 1. The number of carboxylic acid groups (broad SMARTS) is 1. The molecule has 0 aromatic rings. The summed E-state index contributed by atoms with van der Waals surface area (Å²) < 4.78 is 4.58. The van der Waals surface area contributed by atoms with Crippen molar-refractivity contribution in [1.29, 1.82) is 0 Å². The smallest absolute Gasteiger partial charge is 0.328 e. The number of ether oxygens (including phenoxy) is 1. The lowest BCUT2D eigenvalue weighted by Gasteiger charge is -2.36. The SMILES string of the molecule is COC(=O)CCN1CCN(C(=O)NC(C)(C)C(=O)O)CC1. The summed E-state index contributed by atoms with van der Waals surface area (Å²) in [5, 5.41) is 11.5. The zero-order valence-electron chi connectivity index (χ0n) is 12.7. The maximum Gasteiger partial charge on any atom is 0.328 e. The number of hydrogen-bond acceptors (Lipinski definition) is 5. The first-order valence-electron chi connectivity index (χ1n) is 6.86. The van der Waals surface area contributed by atoms with Crippen molar-refractivity contribution < 1.29 is 24.2 Å².